The molecule has 1 aromatic rings. The number of carbonyl (C=O) groups excluding carboxylic acids is 1. The highest BCUT2D eigenvalue weighted by Crippen LogP contribution is 2.22. The molecule has 1 amide bonds. The van der Waals surface area contributed by atoms with Gasteiger partial charge in [0, 0.05) is 32.9 Å². The van der Waals surface area contributed by atoms with Gasteiger partial charge in [0.2, 0.25) is 0 Å². The van der Waals surface area contributed by atoms with E-state index in [0.29, 0.717) is 11.3 Å². The van der Waals surface area contributed by atoms with Crippen LogP contribution in [0.4, 0.5) is 11.4 Å². The van der Waals surface area contributed by atoms with E-state index in [1.165, 1.54) is 0 Å². The lowest BCUT2D eigenvalue weighted by atomic mass is 10.1. The minimum Gasteiger partial charge on any atom is -0.399 e. The van der Waals surface area contributed by atoms with Crippen LogP contribution in [0.25, 0.3) is 0 Å². The van der Waals surface area contributed by atoms with Crippen molar-refractivity contribution >= 4 is 17.3 Å². The molecular weight excluding hydrogens is 228 g/mol. The van der Waals surface area contributed by atoms with Gasteiger partial charge in [-0.3, -0.25) is 4.79 Å². The van der Waals surface area contributed by atoms with Crippen molar-refractivity contribution in [2.75, 3.05) is 51.9 Å². The van der Waals surface area contributed by atoms with E-state index in [2.05, 4.69) is 10.2 Å². The highest BCUT2D eigenvalue weighted by atomic mass is 16.1. The van der Waals surface area contributed by atoms with Crippen LogP contribution in [0.1, 0.15) is 10.4 Å². The van der Waals surface area contributed by atoms with Crippen LogP contribution in [0.15, 0.2) is 18.2 Å². The summed E-state index contributed by atoms with van der Waals surface area (Å²) in [6.45, 7) is 1.75. The van der Waals surface area contributed by atoms with Crippen molar-refractivity contribution in [3.05, 3.63) is 23.8 Å². The number of amides is 1. The summed E-state index contributed by atoms with van der Waals surface area (Å²) < 4.78 is 0. The summed E-state index contributed by atoms with van der Waals surface area (Å²) in [4.78, 5) is 15.9. The Morgan fingerprint density at radius 1 is 1.28 bits per heavy atom. The van der Waals surface area contributed by atoms with Crippen LogP contribution in [-0.4, -0.2) is 52.1 Å². The van der Waals surface area contributed by atoms with Gasteiger partial charge in [0.25, 0.3) is 5.91 Å². The zero-order chi connectivity index (χ0) is 13.7. The van der Waals surface area contributed by atoms with Gasteiger partial charge in [-0.15, -0.1) is 0 Å². The fraction of sp³-hybridized carbons (Fsp3) is 0.462. The van der Waals surface area contributed by atoms with E-state index in [1.54, 1.807) is 19.2 Å². The van der Waals surface area contributed by atoms with Gasteiger partial charge >= 0.3 is 0 Å². The summed E-state index contributed by atoms with van der Waals surface area (Å²) >= 11 is 0. The third-order valence-corrected chi connectivity index (χ3v) is 2.79. The average molecular weight is 250 g/mol. The summed E-state index contributed by atoms with van der Waals surface area (Å²) in [5, 5.41) is 2.64. The summed E-state index contributed by atoms with van der Waals surface area (Å²) in [7, 11) is 7.63. The molecule has 0 unspecified atom stereocenters. The molecule has 5 heteroatoms. The summed E-state index contributed by atoms with van der Waals surface area (Å²) in [6, 6.07) is 5.34. The fourth-order valence-electron chi connectivity index (χ4n) is 1.66. The van der Waals surface area contributed by atoms with Crippen molar-refractivity contribution in [1.29, 1.82) is 0 Å². The number of hydrogen-bond acceptors (Lipinski definition) is 4. The highest BCUT2D eigenvalue weighted by molar-refractivity contribution is 6.00. The molecule has 3 N–H and O–H groups in total. The Labute approximate surface area is 109 Å². The average Bonchev–Trinajstić information content (AvgIpc) is 2.34. The second-order valence-electron chi connectivity index (χ2n) is 4.58. The van der Waals surface area contributed by atoms with E-state index in [4.69, 9.17) is 5.73 Å². The minimum absolute atomic E-state index is 0.0956. The lowest BCUT2D eigenvalue weighted by molar-refractivity contribution is 0.0963. The van der Waals surface area contributed by atoms with E-state index in [-0.39, 0.29) is 5.91 Å². The number of nitrogens with one attached hydrogen (secondary N) is 1. The topological polar surface area (TPSA) is 61.6 Å². The Hall–Kier alpha value is -1.75. The van der Waals surface area contributed by atoms with Gasteiger partial charge in [0.1, 0.15) is 0 Å². The smallest absolute Gasteiger partial charge is 0.253 e. The second-order valence-corrected chi connectivity index (χ2v) is 4.58. The summed E-state index contributed by atoms with van der Waals surface area (Å²) in [5.41, 5.74) is 7.96. The Morgan fingerprint density at radius 2 is 1.94 bits per heavy atom. The normalized spacial score (nSPS) is 10.5. The maximum absolute atomic E-state index is 11.8. The molecule has 0 atom stereocenters. The van der Waals surface area contributed by atoms with E-state index in [1.807, 2.05) is 32.1 Å². The van der Waals surface area contributed by atoms with Crippen molar-refractivity contribution in [3.63, 3.8) is 0 Å². The highest BCUT2D eigenvalue weighted by Gasteiger charge is 2.13. The predicted octanol–water partition coefficient (Wildman–Crippen LogP) is 0.626. The van der Waals surface area contributed by atoms with E-state index in [0.717, 1.165) is 18.8 Å². The van der Waals surface area contributed by atoms with Crippen LogP contribution in [0, 0.1) is 0 Å². The standard InChI is InChI=1S/C13H22N4O/c1-15-13(18)11-6-5-10(14)9-12(11)17(4)8-7-16(2)3/h5-6,9H,7-8,14H2,1-4H3,(H,15,18). The molecule has 1 aromatic carbocycles. The number of anilines is 2. The minimum atomic E-state index is -0.0956. The second kappa shape index (κ2) is 6.26. The van der Waals surface area contributed by atoms with Crippen LogP contribution < -0.4 is 16.0 Å². The number of nitrogens with two attached hydrogens (primary N) is 1. The first kappa shape index (κ1) is 14.3. The van der Waals surface area contributed by atoms with E-state index < -0.39 is 0 Å². The number of carbonyl (C=O) groups is 1. The van der Waals surface area contributed by atoms with Crippen molar-refractivity contribution in [1.82, 2.24) is 10.2 Å². The summed E-state index contributed by atoms with van der Waals surface area (Å²) in [6.07, 6.45) is 0. The molecule has 0 saturated heterocycles. The maximum Gasteiger partial charge on any atom is 0.253 e. The fourth-order valence-corrected chi connectivity index (χ4v) is 1.66. The van der Waals surface area contributed by atoms with Crippen LogP contribution >= 0.6 is 0 Å². The number of benzene rings is 1. The van der Waals surface area contributed by atoms with E-state index in [9.17, 15) is 4.79 Å². The molecule has 0 aliphatic rings. The monoisotopic (exact) mass is 250 g/mol. The molecule has 0 spiro atoms. The van der Waals surface area contributed by atoms with Gasteiger partial charge in [0.15, 0.2) is 0 Å². The van der Waals surface area contributed by atoms with Crippen LogP contribution in [0.3, 0.4) is 0 Å². The van der Waals surface area contributed by atoms with E-state index >= 15 is 0 Å². The van der Waals surface area contributed by atoms with Crippen LogP contribution in [0.2, 0.25) is 0 Å². The zero-order valence-corrected chi connectivity index (χ0v) is 11.5. The van der Waals surface area contributed by atoms with Crippen molar-refractivity contribution in [3.8, 4) is 0 Å². The molecule has 0 radical (unpaired) electrons. The largest absolute Gasteiger partial charge is 0.399 e. The summed E-state index contributed by atoms with van der Waals surface area (Å²) in [5.74, 6) is -0.0956. The Kier molecular flexibility index (Phi) is 4.97. The van der Waals surface area contributed by atoms with Crippen molar-refractivity contribution in [2.45, 2.75) is 0 Å². The van der Waals surface area contributed by atoms with Crippen molar-refractivity contribution < 1.29 is 4.79 Å². The zero-order valence-electron chi connectivity index (χ0n) is 11.5. The Morgan fingerprint density at radius 3 is 2.50 bits per heavy atom. The Bertz CT molecular complexity index is 417. The van der Waals surface area contributed by atoms with Gasteiger partial charge in [-0.25, -0.2) is 0 Å². The van der Waals surface area contributed by atoms with Gasteiger partial charge in [-0.2, -0.15) is 0 Å². The lowest BCUT2D eigenvalue weighted by Gasteiger charge is -2.24. The van der Waals surface area contributed by atoms with Crippen LogP contribution in [0.5, 0.6) is 0 Å². The van der Waals surface area contributed by atoms with Gasteiger partial charge < -0.3 is 20.9 Å². The van der Waals surface area contributed by atoms with Gasteiger partial charge in [-0.1, -0.05) is 0 Å². The molecule has 0 fully saturated rings. The first-order valence-corrected chi connectivity index (χ1v) is 5.93. The van der Waals surface area contributed by atoms with Gasteiger partial charge in [0.05, 0.1) is 11.3 Å². The Balaban J connectivity index is 2.97. The third kappa shape index (κ3) is 3.63. The SMILES string of the molecule is CNC(=O)c1ccc(N)cc1N(C)CCN(C)C. The molecule has 100 valence electrons. The quantitative estimate of drug-likeness (QED) is 0.752. The molecule has 0 aromatic heterocycles. The third-order valence-electron chi connectivity index (χ3n) is 2.79. The molecule has 1 rings (SSSR count). The van der Waals surface area contributed by atoms with Crippen LogP contribution in [-0.2, 0) is 0 Å². The molecular formula is C13H22N4O. The number of rotatable bonds is 5. The maximum atomic E-state index is 11.8. The number of hydrogen-bond donors (Lipinski definition) is 2. The first-order chi connectivity index (χ1) is 8.45. The predicted molar refractivity (Wildman–Crippen MR) is 76.1 cm³/mol. The first-order valence-electron chi connectivity index (χ1n) is 5.93. The number of likely N-dealkylation sites (N-methyl/N-ethyl adjacent to an activating group) is 2. The molecule has 0 heterocycles. The van der Waals surface area contributed by atoms with Crippen molar-refractivity contribution in [2.24, 2.45) is 0 Å². The number of nitrogen functional groups attached to an aromatic ring is 1. The molecule has 0 aliphatic carbocycles. The molecule has 5 nitrogen and oxygen atoms in total. The number of nitrogens with zero attached hydrogens (tertiary/aromatic N) is 2. The van der Waals surface area contributed by atoms with Gasteiger partial charge in [-0.05, 0) is 32.3 Å². The lowest BCUT2D eigenvalue weighted by Crippen LogP contribution is -2.30. The molecule has 0 saturated carbocycles. The molecule has 0 bridgehead atoms. The molecule has 18 heavy (non-hydrogen) atoms. The molecule has 0 aliphatic heterocycles.